The predicted molar refractivity (Wildman–Crippen MR) is 59.0 cm³/mol. The molecule has 0 saturated carbocycles. The van der Waals surface area contributed by atoms with Crippen molar-refractivity contribution in [3.8, 4) is 0 Å². The predicted octanol–water partition coefficient (Wildman–Crippen LogP) is 0.698. The maximum atomic E-state index is 4.23. The molecule has 0 aliphatic carbocycles. The number of rotatable bonds is 1. The van der Waals surface area contributed by atoms with Crippen molar-refractivity contribution in [2.24, 2.45) is 0 Å². The fourth-order valence-electron chi connectivity index (χ4n) is 1.50. The van der Waals surface area contributed by atoms with Gasteiger partial charge < -0.3 is 10.2 Å². The monoisotopic (exact) mass is 214 g/mol. The van der Waals surface area contributed by atoms with Crippen LogP contribution in [-0.2, 0) is 0 Å². The van der Waals surface area contributed by atoms with Gasteiger partial charge in [0.2, 0.25) is 5.95 Å². The fourth-order valence-corrected chi connectivity index (χ4v) is 1.50. The van der Waals surface area contributed by atoms with Gasteiger partial charge in [-0.05, 0) is 19.0 Å². The first-order valence-electron chi connectivity index (χ1n) is 4.69. The standard InChI is InChI=1S/C9H14N4.ClH/c1-4-11-9(12-5-1)13-7-2-3-10-6-8-13;/h1,4-5,10H,2-3,6-8H2;1H. The quantitative estimate of drug-likeness (QED) is 0.747. The average molecular weight is 215 g/mol. The molecule has 78 valence electrons. The van der Waals surface area contributed by atoms with Gasteiger partial charge in [0.1, 0.15) is 0 Å². The highest BCUT2D eigenvalue weighted by atomic mass is 35.5. The number of nitrogens with zero attached hydrogens (tertiary/aromatic N) is 3. The first-order valence-corrected chi connectivity index (χ1v) is 4.69. The lowest BCUT2D eigenvalue weighted by molar-refractivity contribution is 0.724. The Hall–Kier alpha value is -0.870. The van der Waals surface area contributed by atoms with Gasteiger partial charge in [-0.25, -0.2) is 9.97 Å². The molecule has 0 atom stereocenters. The van der Waals surface area contributed by atoms with Crippen molar-refractivity contribution < 1.29 is 0 Å². The highest BCUT2D eigenvalue weighted by Gasteiger charge is 2.10. The molecule has 2 rings (SSSR count). The lowest BCUT2D eigenvalue weighted by Crippen LogP contribution is -2.29. The lowest BCUT2D eigenvalue weighted by Gasteiger charge is -2.18. The molecular weight excluding hydrogens is 200 g/mol. The van der Waals surface area contributed by atoms with Crippen LogP contribution in [0, 0.1) is 0 Å². The van der Waals surface area contributed by atoms with E-state index in [4.69, 9.17) is 0 Å². The highest BCUT2D eigenvalue weighted by Crippen LogP contribution is 2.06. The number of nitrogens with one attached hydrogen (secondary N) is 1. The van der Waals surface area contributed by atoms with E-state index in [-0.39, 0.29) is 12.4 Å². The van der Waals surface area contributed by atoms with Crippen LogP contribution in [0.4, 0.5) is 5.95 Å². The molecular formula is C9H15ClN4. The SMILES string of the molecule is Cl.c1cnc(N2CCCNCC2)nc1. The van der Waals surface area contributed by atoms with E-state index in [0.717, 1.165) is 38.5 Å². The van der Waals surface area contributed by atoms with Crippen molar-refractivity contribution in [3.63, 3.8) is 0 Å². The summed E-state index contributed by atoms with van der Waals surface area (Å²) in [7, 11) is 0. The molecule has 1 aromatic rings. The van der Waals surface area contributed by atoms with Gasteiger partial charge in [0, 0.05) is 32.0 Å². The molecule has 0 radical (unpaired) electrons. The summed E-state index contributed by atoms with van der Waals surface area (Å²) in [5.41, 5.74) is 0. The van der Waals surface area contributed by atoms with Gasteiger partial charge in [-0.1, -0.05) is 0 Å². The summed E-state index contributed by atoms with van der Waals surface area (Å²) >= 11 is 0. The second kappa shape index (κ2) is 5.78. The Labute approximate surface area is 90.2 Å². The van der Waals surface area contributed by atoms with E-state index in [0.29, 0.717) is 0 Å². The summed E-state index contributed by atoms with van der Waals surface area (Å²) in [6.45, 7) is 4.18. The number of aromatic nitrogens is 2. The van der Waals surface area contributed by atoms with Crippen LogP contribution in [-0.4, -0.2) is 36.1 Å². The van der Waals surface area contributed by atoms with E-state index in [2.05, 4.69) is 20.2 Å². The minimum atomic E-state index is 0. The molecule has 2 heterocycles. The Morgan fingerprint density at radius 2 is 1.93 bits per heavy atom. The number of halogens is 1. The van der Waals surface area contributed by atoms with E-state index in [1.807, 2.05) is 6.07 Å². The number of hydrogen-bond donors (Lipinski definition) is 1. The average Bonchev–Trinajstić information content (AvgIpc) is 2.47. The lowest BCUT2D eigenvalue weighted by atomic mass is 10.4. The molecule has 1 aliphatic heterocycles. The van der Waals surface area contributed by atoms with Gasteiger partial charge in [0.15, 0.2) is 0 Å². The molecule has 5 heteroatoms. The van der Waals surface area contributed by atoms with Crippen molar-refractivity contribution >= 4 is 18.4 Å². The van der Waals surface area contributed by atoms with Crippen LogP contribution in [0.2, 0.25) is 0 Å². The molecule has 0 aromatic carbocycles. The minimum Gasteiger partial charge on any atom is -0.340 e. The molecule has 1 N–H and O–H groups in total. The van der Waals surface area contributed by atoms with Crippen LogP contribution in [0.25, 0.3) is 0 Å². The molecule has 0 unspecified atom stereocenters. The summed E-state index contributed by atoms with van der Waals surface area (Å²) < 4.78 is 0. The van der Waals surface area contributed by atoms with E-state index in [1.165, 1.54) is 0 Å². The molecule has 1 saturated heterocycles. The van der Waals surface area contributed by atoms with Gasteiger partial charge in [-0.2, -0.15) is 0 Å². The van der Waals surface area contributed by atoms with Crippen LogP contribution in [0.3, 0.4) is 0 Å². The minimum absolute atomic E-state index is 0. The smallest absolute Gasteiger partial charge is 0.225 e. The van der Waals surface area contributed by atoms with Crippen LogP contribution >= 0.6 is 12.4 Å². The van der Waals surface area contributed by atoms with Crippen LogP contribution in [0.5, 0.6) is 0 Å². The zero-order valence-corrected chi connectivity index (χ0v) is 8.83. The summed E-state index contributed by atoms with van der Waals surface area (Å²) in [5, 5.41) is 3.35. The maximum Gasteiger partial charge on any atom is 0.225 e. The van der Waals surface area contributed by atoms with Crippen molar-refractivity contribution in [1.82, 2.24) is 15.3 Å². The second-order valence-electron chi connectivity index (χ2n) is 3.14. The maximum absolute atomic E-state index is 4.23. The Morgan fingerprint density at radius 3 is 2.71 bits per heavy atom. The summed E-state index contributed by atoms with van der Waals surface area (Å²) in [5.74, 6) is 0.853. The molecule has 0 amide bonds. The van der Waals surface area contributed by atoms with Crippen molar-refractivity contribution in [2.45, 2.75) is 6.42 Å². The van der Waals surface area contributed by atoms with Crippen molar-refractivity contribution in [2.75, 3.05) is 31.1 Å². The van der Waals surface area contributed by atoms with E-state index >= 15 is 0 Å². The van der Waals surface area contributed by atoms with Crippen LogP contribution in [0.15, 0.2) is 18.5 Å². The third kappa shape index (κ3) is 2.82. The molecule has 14 heavy (non-hydrogen) atoms. The zero-order valence-electron chi connectivity index (χ0n) is 8.02. The molecule has 0 spiro atoms. The van der Waals surface area contributed by atoms with Crippen molar-refractivity contribution in [3.05, 3.63) is 18.5 Å². The van der Waals surface area contributed by atoms with Crippen LogP contribution in [0.1, 0.15) is 6.42 Å². The molecule has 0 bridgehead atoms. The largest absolute Gasteiger partial charge is 0.340 e. The van der Waals surface area contributed by atoms with Gasteiger partial charge in [0.05, 0.1) is 0 Å². The van der Waals surface area contributed by atoms with E-state index in [9.17, 15) is 0 Å². The fraction of sp³-hybridized carbons (Fsp3) is 0.556. The highest BCUT2D eigenvalue weighted by molar-refractivity contribution is 5.85. The zero-order chi connectivity index (χ0) is 8.93. The van der Waals surface area contributed by atoms with Crippen LogP contribution < -0.4 is 10.2 Å². The first-order chi connectivity index (χ1) is 6.47. The Bertz CT molecular complexity index is 246. The van der Waals surface area contributed by atoms with Gasteiger partial charge >= 0.3 is 0 Å². The Kier molecular flexibility index (Phi) is 4.62. The first kappa shape index (κ1) is 11.2. The van der Waals surface area contributed by atoms with E-state index < -0.39 is 0 Å². The molecule has 1 aliphatic rings. The normalized spacial score (nSPS) is 17.0. The van der Waals surface area contributed by atoms with Gasteiger partial charge in [-0.3, -0.25) is 0 Å². The number of anilines is 1. The third-order valence-electron chi connectivity index (χ3n) is 2.18. The third-order valence-corrected chi connectivity index (χ3v) is 2.18. The van der Waals surface area contributed by atoms with Gasteiger partial charge in [0.25, 0.3) is 0 Å². The molecule has 4 nitrogen and oxygen atoms in total. The molecule has 1 aromatic heterocycles. The summed E-state index contributed by atoms with van der Waals surface area (Å²) in [6.07, 6.45) is 4.75. The van der Waals surface area contributed by atoms with E-state index in [1.54, 1.807) is 12.4 Å². The number of hydrogen-bond acceptors (Lipinski definition) is 4. The summed E-state index contributed by atoms with van der Waals surface area (Å²) in [4.78, 5) is 10.7. The summed E-state index contributed by atoms with van der Waals surface area (Å²) in [6, 6.07) is 1.85. The van der Waals surface area contributed by atoms with Crippen molar-refractivity contribution in [1.29, 1.82) is 0 Å². The Balaban J connectivity index is 0.000000980. The Morgan fingerprint density at radius 1 is 1.14 bits per heavy atom. The van der Waals surface area contributed by atoms with Gasteiger partial charge in [-0.15, -0.1) is 12.4 Å². The molecule has 1 fully saturated rings. The topological polar surface area (TPSA) is 41.1 Å². The second-order valence-corrected chi connectivity index (χ2v) is 3.14.